The summed E-state index contributed by atoms with van der Waals surface area (Å²) in [6, 6.07) is 13.7. The predicted molar refractivity (Wildman–Crippen MR) is 83.4 cm³/mol. The fraction of sp³-hybridized carbons (Fsp3) is 0.125. The number of hydrogen-bond acceptors (Lipinski definition) is 4. The van der Waals surface area contributed by atoms with E-state index in [0.29, 0.717) is 0 Å². The van der Waals surface area contributed by atoms with Gasteiger partial charge < -0.3 is 16.0 Å². The van der Waals surface area contributed by atoms with E-state index >= 15 is 0 Å². The summed E-state index contributed by atoms with van der Waals surface area (Å²) in [5, 5.41) is 8.72. The number of nitrogens with zero attached hydrogens (tertiary/aromatic N) is 3. The summed E-state index contributed by atoms with van der Waals surface area (Å²) in [7, 11) is 0. The molecule has 0 spiro atoms. The molecule has 0 atom stereocenters. The van der Waals surface area contributed by atoms with Gasteiger partial charge in [-0.05, 0) is 36.2 Å². The molecular weight excluding hydrogens is 262 g/mol. The van der Waals surface area contributed by atoms with Gasteiger partial charge in [0, 0.05) is 29.0 Å². The Balaban J connectivity index is 1.89. The second-order valence-corrected chi connectivity index (χ2v) is 5.29. The highest BCUT2D eigenvalue weighted by molar-refractivity contribution is 5.70. The van der Waals surface area contributed by atoms with E-state index in [-0.39, 0.29) is 0 Å². The SMILES string of the molecule is Nc1cccc(-c2nnc3n2CCc2ccc(N)cc2-3)c1. The van der Waals surface area contributed by atoms with Gasteiger partial charge in [0.2, 0.25) is 0 Å². The van der Waals surface area contributed by atoms with Crippen molar-refractivity contribution in [2.24, 2.45) is 0 Å². The minimum absolute atomic E-state index is 0.727. The Morgan fingerprint density at radius 2 is 1.71 bits per heavy atom. The number of rotatable bonds is 1. The van der Waals surface area contributed by atoms with E-state index < -0.39 is 0 Å². The van der Waals surface area contributed by atoms with Gasteiger partial charge in [-0.25, -0.2) is 0 Å². The van der Waals surface area contributed by atoms with Gasteiger partial charge in [0.25, 0.3) is 0 Å². The molecule has 0 amide bonds. The summed E-state index contributed by atoms with van der Waals surface area (Å²) in [6.07, 6.45) is 0.954. The molecule has 1 aliphatic heterocycles. The van der Waals surface area contributed by atoms with Crippen LogP contribution in [0.2, 0.25) is 0 Å². The molecule has 5 heteroatoms. The molecule has 1 aliphatic rings. The monoisotopic (exact) mass is 277 g/mol. The van der Waals surface area contributed by atoms with E-state index in [2.05, 4.69) is 20.8 Å². The zero-order valence-corrected chi connectivity index (χ0v) is 11.5. The first-order valence-electron chi connectivity index (χ1n) is 6.90. The molecule has 0 aliphatic carbocycles. The van der Waals surface area contributed by atoms with Crippen molar-refractivity contribution in [3.63, 3.8) is 0 Å². The highest BCUT2D eigenvalue weighted by Crippen LogP contribution is 2.33. The van der Waals surface area contributed by atoms with Crippen molar-refractivity contribution in [2.75, 3.05) is 11.5 Å². The van der Waals surface area contributed by atoms with Crippen LogP contribution in [0.1, 0.15) is 5.56 Å². The number of aromatic nitrogens is 3. The first-order chi connectivity index (χ1) is 10.2. The van der Waals surface area contributed by atoms with Gasteiger partial charge in [0.05, 0.1) is 0 Å². The van der Waals surface area contributed by atoms with Crippen molar-refractivity contribution in [3.05, 3.63) is 48.0 Å². The quantitative estimate of drug-likeness (QED) is 0.669. The van der Waals surface area contributed by atoms with Crippen LogP contribution in [-0.4, -0.2) is 14.8 Å². The van der Waals surface area contributed by atoms with E-state index in [1.54, 1.807) is 0 Å². The molecule has 1 aromatic heterocycles. The number of hydrogen-bond donors (Lipinski definition) is 2. The van der Waals surface area contributed by atoms with E-state index in [1.807, 2.05) is 36.4 Å². The first-order valence-corrected chi connectivity index (χ1v) is 6.90. The summed E-state index contributed by atoms with van der Waals surface area (Å²) in [5.74, 6) is 1.73. The molecule has 2 heterocycles. The molecule has 21 heavy (non-hydrogen) atoms. The maximum Gasteiger partial charge on any atom is 0.164 e. The molecule has 0 saturated carbocycles. The average Bonchev–Trinajstić information content (AvgIpc) is 2.91. The summed E-state index contributed by atoms with van der Waals surface area (Å²) in [5.41, 5.74) is 16.6. The third-order valence-electron chi connectivity index (χ3n) is 3.88. The maximum absolute atomic E-state index is 5.90. The molecule has 4 N–H and O–H groups in total. The smallest absolute Gasteiger partial charge is 0.164 e. The van der Waals surface area contributed by atoms with Crippen LogP contribution in [0.15, 0.2) is 42.5 Å². The third kappa shape index (κ3) is 1.86. The lowest BCUT2D eigenvalue weighted by atomic mass is 9.99. The van der Waals surface area contributed by atoms with Crippen LogP contribution in [0.25, 0.3) is 22.8 Å². The van der Waals surface area contributed by atoms with Crippen LogP contribution in [0.4, 0.5) is 11.4 Å². The predicted octanol–water partition coefficient (Wildman–Crippen LogP) is 2.33. The molecule has 0 saturated heterocycles. The van der Waals surface area contributed by atoms with Gasteiger partial charge in [0.15, 0.2) is 11.6 Å². The number of nitrogens with two attached hydrogens (primary N) is 2. The second kappa shape index (κ2) is 4.34. The van der Waals surface area contributed by atoms with Gasteiger partial charge in [-0.1, -0.05) is 18.2 Å². The zero-order valence-electron chi connectivity index (χ0n) is 11.5. The molecule has 0 radical (unpaired) electrons. The second-order valence-electron chi connectivity index (χ2n) is 5.29. The lowest BCUT2D eigenvalue weighted by Crippen LogP contribution is -2.12. The molecule has 0 unspecified atom stereocenters. The summed E-state index contributed by atoms with van der Waals surface area (Å²) in [6.45, 7) is 0.864. The minimum atomic E-state index is 0.727. The standard InChI is InChI=1S/C16H15N5/c17-12-3-1-2-11(8-12)15-19-20-16-14-9-13(18)5-4-10(14)6-7-21(15)16/h1-5,8-9H,6-7,17-18H2. The fourth-order valence-corrected chi connectivity index (χ4v) is 2.86. The number of fused-ring (bicyclic) bond motifs is 3. The Bertz CT molecular complexity index is 821. The lowest BCUT2D eigenvalue weighted by molar-refractivity contribution is 0.688. The number of aryl methyl sites for hydroxylation is 1. The van der Waals surface area contributed by atoms with Crippen LogP contribution in [0, 0.1) is 0 Å². The molecule has 4 rings (SSSR count). The summed E-state index contributed by atoms with van der Waals surface area (Å²) in [4.78, 5) is 0. The molecule has 5 nitrogen and oxygen atoms in total. The van der Waals surface area contributed by atoms with Crippen molar-refractivity contribution in [2.45, 2.75) is 13.0 Å². The largest absolute Gasteiger partial charge is 0.399 e. The van der Waals surface area contributed by atoms with Crippen LogP contribution in [-0.2, 0) is 13.0 Å². The van der Waals surface area contributed by atoms with Crippen LogP contribution in [0.3, 0.4) is 0 Å². The zero-order chi connectivity index (χ0) is 14.4. The Kier molecular flexibility index (Phi) is 2.47. The van der Waals surface area contributed by atoms with Gasteiger partial charge in [-0.15, -0.1) is 10.2 Å². The van der Waals surface area contributed by atoms with Gasteiger partial charge in [0.1, 0.15) is 0 Å². The number of benzene rings is 2. The molecule has 3 aromatic rings. The summed E-state index contributed by atoms with van der Waals surface area (Å²) >= 11 is 0. The Hall–Kier alpha value is -2.82. The average molecular weight is 277 g/mol. The van der Waals surface area contributed by atoms with E-state index in [0.717, 1.165) is 47.1 Å². The Labute approximate surface area is 122 Å². The highest BCUT2D eigenvalue weighted by atomic mass is 15.3. The van der Waals surface area contributed by atoms with E-state index in [9.17, 15) is 0 Å². The van der Waals surface area contributed by atoms with Crippen LogP contribution in [0.5, 0.6) is 0 Å². The normalized spacial score (nSPS) is 12.8. The van der Waals surface area contributed by atoms with Crippen LogP contribution < -0.4 is 11.5 Å². The minimum Gasteiger partial charge on any atom is -0.399 e. The highest BCUT2D eigenvalue weighted by Gasteiger charge is 2.22. The third-order valence-corrected chi connectivity index (χ3v) is 3.88. The first kappa shape index (κ1) is 12.0. The van der Waals surface area contributed by atoms with Crippen molar-refractivity contribution in [1.82, 2.24) is 14.8 Å². The lowest BCUT2D eigenvalue weighted by Gasteiger charge is -2.19. The van der Waals surface area contributed by atoms with E-state index in [4.69, 9.17) is 11.5 Å². The Morgan fingerprint density at radius 3 is 2.57 bits per heavy atom. The fourth-order valence-electron chi connectivity index (χ4n) is 2.86. The van der Waals surface area contributed by atoms with Crippen molar-refractivity contribution in [1.29, 1.82) is 0 Å². The maximum atomic E-state index is 5.90. The Morgan fingerprint density at radius 1 is 0.905 bits per heavy atom. The number of nitrogen functional groups attached to an aromatic ring is 2. The molecule has 0 fully saturated rings. The topological polar surface area (TPSA) is 82.8 Å². The van der Waals surface area contributed by atoms with Crippen molar-refractivity contribution >= 4 is 11.4 Å². The molecule has 0 bridgehead atoms. The van der Waals surface area contributed by atoms with Crippen LogP contribution >= 0.6 is 0 Å². The molecule has 2 aromatic carbocycles. The van der Waals surface area contributed by atoms with Gasteiger partial charge in [-0.3, -0.25) is 0 Å². The molecular formula is C16H15N5. The number of anilines is 2. The molecule has 104 valence electrons. The van der Waals surface area contributed by atoms with Gasteiger partial charge in [-0.2, -0.15) is 0 Å². The van der Waals surface area contributed by atoms with E-state index in [1.165, 1.54) is 5.56 Å². The summed E-state index contributed by atoms with van der Waals surface area (Å²) < 4.78 is 2.14. The van der Waals surface area contributed by atoms with Crippen molar-refractivity contribution in [3.8, 4) is 22.8 Å². The van der Waals surface area contributed by atoms with Gasteiger partial charge >= 0.3 is 0 Å². The van der Waals surface area contributed by atoms with Crippen molar-refractivity contribution < 1.29 is 0 Å².